The number of hydrogen-bond acceptors (Lipinski definition) is 3. The lowest BCUT2D eigenvalue weighted by Gasteiger charge is -2.10. The van der Waals surface area contributed by atoms with Crippen LogP contribution in [-0.2, 0) is 0 Å². The molecule has 0 bridgehead atoms. The summed E-state index contributed by atoms with van der Waals surface area (Å²) in [6, 6.07) is 11.0. The van der Waals surface area contributed by atoms with E-state index in [2.05, 4.69) is 26.8 Å². The van der Waals surface area contributed by atoms with Crippen molar-refractivity contribution in [2.75, 3.05) is 5.43 Å². The summed E-state index contributed by atoms with van der Waals surface area (Å²) in [4.78, 5) is 12.0. The lowest BCUT2D eigenvalue weighted by atomic mass is 10.1. The van der Waals surface area contributed by atoms with Crippen molar-refractivity contribution in [2.24, 2.45) is 0 Å². The van der Waals surface area contributed by atoms with Crippen molar-refractivity contribution in [3.05, 3.63) is 63.4 Å². The third-order valence-electron chi connectivity index (χ3n) is 2.84. The molecule has 0 saturated heterocycles. The second kappa shape index (κ2) is 6.37. The first kappa shape index (κ1) is 15.0. The van der Waals surface area contributed by atoms with Crippen molar-refractivity contribution in [3.63, 3.8) is 0 Å². The number of amides is 1. The summed E-state index contributed by atoms with van der Waals surface area (Å²) in [5.41, 5.74) is 6.85. The molecule has 0 spiro atoms. The van der Waals surface area contributed by atoms with Crippen molar-refractivity contribution in [1.82, 2.24) is 5.43 Å². The molecule has 0 unspecified atom stereocenters. The molecule has 0 aromatic heterocycles. The zero-order valence-corrected chi connectivity index (χ0v) is 12.7. The predicted octanol–water partition coefficient (Wildman–Crippen LogP) is 3.53. The number of nitrogens with zero attached hydrogens (tertiary/aromatic N) is 1. The van der Waals surface area contributed by atoms with Crippen molar-refractivity contribution in [1.29, 1.82) is 5.26 Å². The van der Waals surface area contributed by atoms with E-state index in [4.69, 9.17) is 5.26 Å². The zero-order valence-electron chi connectivity index (χ0n) is 11.1. The molecule has 0 heterocycles. The van der Waals surface area contributed by atoms with E-state index >= 15 is 0 Å². The molecule has 2 aromatic rings. The molecule has 4 nitrogen and oxygen atoms in total. The maximum Gasteiger partial charge on any atom is 0.269 e. The van der Waals surface area contributed by atoms with E-state index in [1.807, 2.05) is 13.0 Å². The highest BCUT2D eigenvalue weighted by Crippen LogP contribution is 2.16. The van der Waals surface area contributed by atoms with Crippen LogP contribution in [0.3, 0.4) is 0 Å². The molecule has 0 saturated carbocycles. The number of anilines is 1. The van der Waals surface area contributed by atoms with Crippen LogP contribution < -0.4 is 10.9 Å². The fraction of sp³-hybridized carbons (Fsp3) is 0.0667. The Labute approximate surface area is 129 Å². The second-order valence-corrected chi connectivity index (χ2v) is 5.26. The Kier molecular flexibility index (Phi) is 4.55. The van der Waals surface area contributed by atoms with Crippen molar-refractivity contribution in [2.45, 2.75) is 6.92 Å². The van der Waals surface area contributed by atoms with Gasteiger partial charge in [0.05, 0.1) is 11.3 Å². The Morgan fingerprint density at radius 1 is 1.29 bits per heavy atom. The summed E-state index contributed by atoms with van der Waals surface area (Å²) in [5.74, 6) is -0.916. The first-order valence-corrected chi connectivity index (χ1v) is 6.82. The number of carbonyl (C=O) groups is 1. The number of benzene rings is 2. The van der Waals surface area contributed by atoms with Crippen LogP contribution in [0.25, 0.3) is 0 Å². The molecule has 0 radical (unpaired) electrons. The Bertz CT molecular complexity index is 740. The predicted molar refractivity (Wildman–Crippen MR) is 81.1 cm³/mol. The van der Waals surface area contributed by atoms with Gasteiger partial charge in [0.1, 0.15) is 11.9 Å². The van der Waals surface area contributed by atoms with Crippen LogP contribution in [0.1, 0.15) is 21.5 Å². The van der Waals surface area contributed by atoms with Gasteiger partial charge in [-0.15, -0.1) is 0 Å². The third kappa shape index (κ3) is 3.58. The molecule has 0 aliphatic carbocycles. The quantitative estimate of drug-likeness (QED) is 0.834. The summed E-state index contributed by atoms with van der Waals surface area (Å²) in [6.07, 6.45) is 0. The highest BCUT2D eigenvalue weighted by molar-refractivity contribution is 9.10. The minimum atomic E-state index is -0.599. The zero-order chi connectivity index (χ0) is 15.4. The Morgan fingerprint density at radius 3 is 2.71 bits per heavy atom. The standard InChI is InChI=1S/C15H11BrFN3O/c1-9-6-11(16)2-4-13(9)15(21)20-19-12-3-5-14(17)10(7-12)8-18/h2-7,19H,1H3,(H,20,21). The van der Waals surface area contributed by atoms with Gasteiger partial charge in [-0.1, -0.05) is 15.9 Å². The van der Waals surface area contributed by atoms with Gasteiger partial charge in [-0.2, -0.15) is 5.26 Å². The average Bonchev–Trinajstić information content (AvgIpc) is 2.46. The number of hydrazine groups is 1. The fourth-order valence-corrected chi connectivity index (χ4v) is 2.24. The van der Waals surface area contributed by atoms with E-state index in [1.54, 1.807) is 18.2 Å². The first-order chi connectivity index (χ1) is 10.0. The minimum absolute atomic E-state index is 0.0888. The molecule has 2 aromatic carbocycles. The Hall–Kier alpha value is -2.39. The van der Waals surface area contributed by atoms with Gasteiger partial charge in [0.15, 0.2) is 0 Å². The Balaban J connectivity index is 2.09. The number of nitriles is 1. The van der Waals surface area contributed by atoms with Gasteiger partial charge in [-0.05, 0) is 48.9 Å². The fourth-order valence-electron chi connectivity index (χ4n) is 1.77. The molecule has 0 atom stereocenters. The molecule has 2 N–H and O–H groups in total. The van der Waals surface area contributed by atoms with Crippen LogP contribution >= 0.6 is 15.9 Å². The van der Waals surface area contributed by atoms with Crippen LogP contribution in [0, 0.1) is 24.1 Å². The van der Waals surface area contributed by atoms with E-state index in [0.29, 0.717) is 11.3 Å². The van der Waals surface area contributed by atoms with Crippen molar-refractivity contribution < 1.29 is 9.18 Å². The summed E-state index contributed by atoms with van der Waals surface area (Å²) >= 11 is 3.33. The first-order valence-electron chi connectivity index (χ1n) is 6.03. The van der Waals surface area contributed by atoms with Crippen LogP contribution in [0.5, 0.6) is 0 Å². The molecule has 1 amide bonds. The van der Waals surface area contributed by atoms with Crippen LogP contribution in [0.15, 0.2) is 40.9 Å². The van der Waals surface area contributed by atoms with Crippen molar-refractivity contribution >= 4 is 27.5 Å². The summed E-state index contributed by atoms with van der Waals surface area (Å²) in [7, 11) is 0. The van der Waals surface area contributed by atoms with Crippen LogP contribution in [0.2, 0.25) is 0 Å². The largest absolute Gasteiger partial charge is 0.298 e. The molecule has 0 aliphatic rings. The number of aryl methyl sites for hydroxylation is 1. The molecule has 0 aliphatic heterocycles. The highest BCUT2D eigenvalue weighted by atomic mass is 79.9. The summed E-state index contributed by atoms with van der Waals surface area (Å²) in [6.45, 7) is 1.82. The molecule has 0 fully saturated rings. The van der Waals surface area contributed by atoms with Gasteiger partial charge in [-0.3, -0.25) is 15.6 Å². The topological polar surface area (TPSA) is 64.9 Å². The molecular weight excluding hydrogens is 337 g/mol. The maximum atomic E-state index is 13.2. The SMILES string of the molecule is Cc1cc(Br)ccc1C(=O)NNc1ccc(F)c(C#N)c1. The van der Waals surface area contributed by atoms with Gasteiger partial charge < -0.3 is 0 Å². The summed E-state index contributed by atoms with van der Waals surface area (Å²) < 4.78 is 14.1. The number of hydrogen-bond donors (Lipinski definition) is 2. The highest BCUT2D eigenvalue weighted by Gasteiger charge is 2.09. The smallest absolute Gasteiger partial charge is 0.269 e. The minimum Gasteiger partial charge on any atom is -0.298 e. The van der Waals surface area contributed by atoms with Gasteiger partial charge in [0.25, 0.3) is 5.91 Å². The summed E-state index contributed by atoms with van der Waals surface area (Å²) in [5, 5.41) is 8.75. The monoisotopic (exact) mass is 347 g/mol. The maximum absolute atomic E-state index is 13.2. The molecule has 6 heteroatoms. The van der Waals surface area contributed by atoms with Gasteiger partial charge >= 0.3 is 0 Å². The van der Waals surface area contributed by atoms with Crippen LogP contribution in [-0.4, -0.2) is 5.91 Å². The van der Waals surface area contributed by atoms with E-state index in [0.717, 1.165) is 16.1 Å². The van der Waals surface area contributed by atoms with E-state index in [9.17, 15) is 9.18 Å². The van der Waals surface area contributed by atoms with Gasteiger partial charge in [0.2, 0.25) is 0 Å². The van der Waals surface area contributed by atoms with E-state index in [1.165, 1.54) is 12.1 Å². The number of nitrogens with one attached hydrogen (secondary N) is 2. The van der Waals surface area contributed by atoms with E-state index in [-0.39, 0.29) is 11.5 Å². The van der Waals surface area contributed by atoms with E-state index < -0.39 is 5.82 Å². The van der Waals surface area contributed by atoms with Gasteiger partial charge in [-0.25, -0.2) is 4.39 Å². The second-order valence-electron chi connectivity index (χ2n) is 4.34. The van der Waals surface area contributed by atoms with Crippen LogP contribution in [0.4, 0.5) is 10.1 Å². The normalized spacial score (nSPS) is 9.81. The molecule has 2 rings (SSSR count). The third-order valence-corrected chi connectivity index (χ3v) is 3.33. The Morgan fingerprint density at radius 2 is 2.05 bits per heavy atom. The van der Waals surface area contributed by atoms with Gasteiger partial charge in [0, 0.05) is 10.0 Å². The molecule has 21 heavy (non-hydrogen) atoms. The number of rotatable bonds is 3. The lowest BCUT2D eigenvalue weighted by molar-refractivity contribution is 0.0962. The molecular formula is C15H11BrFN3O. The molecule has 106 valence electrons. The van der Waals surface area contributed by atoms with Crippen molar-refractivity contribution in [3.8, 4) is 6.07 Å². The average molecular weight is 348 g/mol. The number of carbonyl (C=O) groups excluding carboxylic acids is 1. The number of halogens is 2. The lowest BCUT2D eigenvalue weighted by Crippen LogP contribution is -2.29.